The van der Waals surface area contributed by atoms with E-state index in [0.29, 0.717) is 5.41 Å². The predicted molar refractivity (Wildman–Crippen MR) is 87.1 cm³/mol. The van der Waals surface area contributed by atoms with Gasteiger partial charge in [0, 0.05) is 6.54 Å². The van der Waals surface area contributed by atoms with Crippen LogP contribution in [0.5, 0.6) is 11.5 Å². The highest BCUT2D eigenvalue weighted by molar-refractivity contribution is 5.31. The van der Waals surface area contributed by atoms with E-state index in [1.807, 2.05) is 24.3 Å². The summed E-state index contributed by atoms with van der Waals surface area (Å²) < 4.78 is 11.1. The Labute approximate surface area is 129 Å². The Morgan fingerprint density at radius 2 is 1.86 bits per heavy atom. The van der Waals surface area contributed by atoms with Crippen molar-refractivity contribution in [3.8, 4) is 11.5 Å². The standard InChI is InChI=1S/C18H29NO2/c1-4-12-19-14-18(2,15-5-6-15)11-13-21-17-9-7-16(20-3)8-10-17/h7-10,15,19H,4-6,11-14H2,1-3H3. The van der Waals surface area contributed by atoms with Gasteiger partial charge in [0.05, 0.1) is 13.7 Å². The van der Waals surface area contributed by atoms with Gasteiger partial charge in [-0.2, -0.15) is 0 Å². The minimum absolute atomic E-state index is 0.377. The zero-order chi connectivity index (χ0) is 15.1. The van der Waals surface area contributed by atoms with Crippen molar-refractivity contribution in [3.05, 3.63) is 24.3 Å². The second-order valence-electron chi connectivity index (χ2n) is 6.38. The topological polar surface area (TPSA) is 30.5 Å². The third-order valence-corrected chi connectivity index (χ3v) is 4.52. The van der Waals surface area contributed by atoms with Crippen molar-refractivity contribution in [3.63, 3.8) is 0 Å². The average Bonchev–Trinajstić information content (AvgIpc) is 3.33. The van der Waals surface area contributed by atoms with Crippen LogP contribution in [0.15, 0.2) is 24.3 Å². The van der Waals surface area contributed by atoms with E-state index in [1.165, 1.54) is 19.3 Å². The number of hydrogen-bond acceptors (Lipinski definition) is 3. The van der Waals surface area contributed by atoms with Crippen LogP contribution in [0.3, 0.4) is 0 Å². The Morgan fingerprint density at radius 1 is 1.19 bits per heavy atom. The molecule has 118 valence electrons. The minimum atomic E-state index is 0.377. The van der Waals surface area contributed by atoms with Crippen molar-refractivity contribution in [1.29, 1.82) is 0 Å². The lowest BCUT2D eigenvalue weighted by molar-refractivity contribution is 0.180. The van der Waals surface area contributed by atoms with Gasteiger partial charge >= 0.3 is 0 Å². The molecule has 1 saturated carbocycles. The van der Waals surface area contributed by atoms with Crippen molar-refractivity contribution < 1.29 is 9.47 Å². The van der Waals surface area contributed by atoms with Gasteiger partial charge in [-0.05, 0) is 67.8 Å². The van der Waals surface area contributed by atoms with E-state index in [0.717, 1.165) is 43.5 Å². The first-order chi connectivity index (χ1) is 10.2. The zero-order valence-electron chi connectivity index (χ0n) is 13.7. The van der Waals surface area contributed by atoms with E-state index in [4.69, 9.17) is 9.47 Å². The molecule has 3 nitrogen and oxygen atoms in total. The lowest BCUT2D eigenvalue weighted by atomic mass is 9.81. The molecule has 0 saturated heterocycles. The highest BCUT2D eigenvalue weighted by Crippen LogP contribution is 2.47. The Balaban J connectivity index is 1.78. The molecular weight excluding hydrogens is 262 g/mol. The van der Waals surface area contributed by atoms with Crippen LogP contribution in [0.25, 0.3) is 0 Å². The van der Waals surface area contributed by atoms with E-state index >= 15 is 0 Å². The fourth-order valence-electron chi connectivity index (χ4n) is 2.84. The second kappa shape index (κ2) is 7.69. The molecule has 0 aliphatic heterocycles. The maximum Gasteiger partial charge on any atom is 0.119 e. The summed E-state index contributed by atoms with van der Waals surface area (Å²) in [6.07, 6.45) is 5.07. The molecule has 1 aromatic rings. The normalized spacial score (nSPS) is 17.3. The van der Waals surface area contributed by atoms with Gasteiger partial charge < -0.3 is 14.8 Å². The summed E-state index contributed by atoms with van der Waals surface area (Å²) in [6.45, 7) is 7.63. The summed E-state index contributed by atoms with van der Waals surface area (Å²) in [5, 5.41) is 3.59. The molecular formula is C18H29NO2. The van der Waals surface area contributed by atoms with Crippen LogP contribution >= 0.6 is 0 Å². The maximum absolute atomic E-state index is 5.90. The highest BCUT2D eigenvalue weighted by Gasteiger charge is 2.40. The first-order valence-electron chi connectivity index (χ1n) is 8.15. The van der Waals surface area contributed by atoms with Crippen LogP contribution in [0.1, 0.15) is 39.5 Å². The lowest BCUT2D eigenvalue weighted by Gasteiger charge is -2.30. The number of benzene rings is 1. The van der Waals surface area contributed by atoms with E-state index in [9.17, 15) is 0 Å². The van der Waals surface area contributed by atoms with Gasteiger partial charge in [-0.1, -0.05) is 13.8 Å². The van der Waals surface area contributed by atoms with Gasteiger partial charge in [-0.15, -0.1) is 0 Å². The minimum Gasteiger partial charge on any atom is -0.497 e. The molecule has 3 heteroatoms. The molecule has 2 rings (SSSR count). The second-order valence-corrected chi connectivity index (χ2v) is 6.38. The molecule has 1 N–H and O–H groups in total. The van der Waals surface area contributed by atoms with Crippen LogP contribution < -0.4 is 14.8 Å². The summed E-state index contributed by atoms with van der Waals surface area (Å²) in [5.41, 5.74) is 0.377. The summed E-state index contributed by atoms with van der Waals surface area (Å²) in [6, 6.07) is 7.84. The lowest BCUT2D eigenvalue weighted by Crippen LogP contribution is -2.35. The molecule has 21 heavy (non-hydrogen) atoms. The fourth-order valence-corrected chi connectivity index (χ4v) is 2.84. The molecule has 1 fully saturated rings. The first kappa shape index (κ1) is 16.2. The number of hydrogen-bond donors (Lipinski definition) is 1. The SMILES string of the molecule is CCCNCC(C)(CCOc1ccc(OC)cc1)C1CC1. The molecule has 1 aliphatic rings. The number of rotatable bonds is 10. The van der Waals surface area contributed by atoms with E-state index in [1.54, 1.807) is 7.11 Å². The molecule has 1 aromatic carbocycles. The van der Waals surface area contributed by atoms with Gasteiger partial charge in [0.25, 0.3) is 0 Å². The molecule has 1 aliphatic carbocycles. The Morgan fingerprint density at radius 3 is 2.43 bits per heavy atom. The number of ether oxygens (including phenoxy) is 2. The average molecular weight is 291 g/mol. The molecule has 1 unspecified atom stereocenters. The van der Waals surface area contributed by atoms with Crippen molar-refractivity contribution in [2.24, 2.45) is 11.3 Å². The summed E-state index contributed by atoms with van der Waals surface area (Å²) in [4.78, 5) is 0. The largest absolute Gasteiger partial charge is 0.497 e. The van der Waals surface area contributed by atoms with Crippen molar-refractivity contribution in [2.75, 3.05) is 26.8 Å². The third-order valence-electron chi connectivity index (χ3n) is 4.52. The smallest absolute Gasteiger partial charge is 0.119 e. The molecule has 0 radical (unpaired) electrons. The molecule has 1 atom stereocenters. The van der Waals surface area contributed by atoms with Crippen LogP contribution in [-0.2, 0) is 0 Å². The third kappa shape index (κ3) is 4.92. The first-order valence-corrected chi connectivity index (χ1v) is 8.15. The van der Waals surface area contributed by atoms with Crippen LogP contribution in [0, 0.1) is 11.3 Å². The monoisotopic (exact) mass is 291 g/mol. The fraction of sp³-hybridized carbons (Fsp3) is 0.667. The van der Waals surface area contributed by atoms with Gasteiger partial charge in [0.15, 0.2) is 0 Å². The summed E-state index contributed by atoms with van der Waals surface area (Å²) in [7, 11) is 1.68. The summed E-state index contributed by atoms with van der Waals surface area (Å²) >= 11 is 0. The van der Waals surface area contributed by atoms with Gasteiger partial charge in [0.1, 0.15) is 11.5 Å². The van der Waals surface area contributed by atoms with E-state index in [2.05, 4.69) is 19.2 Å². The molecule has 0 spiro atoms. The van der Waals surface area contributed by atoms with Crippen molar-refractivity contribution in [1.82, 2.24) is 5.32 Å². The molecule has 0 aromatic heterocycles. The predicted octanol–water partition coefficient (Wildman–Crippen LogP) is 3.88. The molecule has 0 amide bonds. The quantitative estimate of drug-likeness (QED) is 0.664. The number of methoxy groups -OCH3 is 1. The van der Waals surface area contributed by atoms with E-state index < -0.39 is 0 Å². The summed E-state index contributed by atoms with van der Waals surface area (Å²) in [5.74, 6) is 2.67. The van der Waals surface area contributed by atoms with Gasteiger partial charge in [0.2, 0.25) is 0 Å². The van der Waals surface area contributed by atoms with Gasteiger partial charge in [-0.3, -0.25) is 0 Å². The Bertz CT molecular complexity index is 414. The van der Waals surface area contributed by atoms with E-state index in [-0.39, 0.29) is 0 Å². The maximum atomic E-state index is 5.90. The Hall–Kier alpha value is -1.22. The van der Waals surface area contributed by atoms with Crippen molar-refractivity contribution >= 4 is 0 Å². The molecule has 0 bridgehead atoms. The molecule has 0 heterocycles. The number of nitrogens with one attached hydrogen (secondary N) is 1. The van der Waals surface area contributed by atoms with Crippen LogP contribution in [-0.4, -0.2) is 26.8 Å². The zero-order valence-corrected chi connectivity index (χ0v) is 13.7. The van der Waals surface area contributed by atoms with Crippen LogP contribution in [0.2, 0.25) is 0 Å². The Kier molecular flexibility index (Phi) is 5.92. The van der Waals surface area contributed by atoms with Crippen LogP contribution in [0.4, 0.5) is 0 Å². The van der Waals surface area contributed by atoms with Crippen molar-refractivity contribution in [2.45, 2.75) is 39.5 Å². The van der Waals surface area contributed by atoms with Gasteiger partial charge in [-0.25, -0.2) is 0 Å². The highest BCUT2D eigenvalue weighted by atomic mass is 16.5.